The van der Waals surface area contributed by atoms with Crippen molar-refractivity contribution in [3.63, 3.8) is 0 Å². The number of azide groups is 1. The molecule has 1 rings (SSSR count). The van der Waals surface area contributed by atoms with Crippen LogP contribution in [0.3, 0.4) is 0 Å². The molecule has 0 saturated carbocycles. The second-order valence-electron chi connectivity index (χ2n) is 2.33. The first-order chi connectivity index (χ1) is 5.79. The Morgan fingerprint density at radius 1 is 1.58 bits per heavy atom. The second-order valence-corrected chi connectivity index (χ2v) is 2.33. The lowest BCUT2D eigenvalue weighted by atomic mass is 10.1. The normalized spacial score (nSPS) is 9.08. The maximum Gasteiger partial charge on any atom is 0.125 e. The van der Waals surface area contributed by atoms with Gasteiger partial charge in [-0.15, -0.1) is 0 Å². The lowest BCUT2D eigenvalue weighted by Gasteiger charge is -2.02. The predicted octanol–water partition coefficient (Wildman–Crippen LogP) is 2.90. The minimum absolute atomic E-state index is 0.0344. The van der Waals surface area contributed by atoms with Crippen molar-refractivity contribution in [2.75, 3.05) is 0 Å². The summed E-state index contributed by atoms with van der Waals surface area (Å²) in [4.78, 5) is 2.64. The summed E-state index contributed by atoms with van der Waals surface area (Å²) in [5.74, 6) is 0.0344. The molecule has 0 saturated heterocycles. The van der Waals surface area contributed by atoms with Gasteiger partial charge in [0.2, 0.25) is 0 Å². The molecular formula is C8H9N3O. The van der Waals surface area contributed by atoms with Gasteiger partial charge in [0.1, 0.15) is 5.75 Å². The van der Waals surface area contributed by atoms with Crippen LogP contribution in [0, 0.1) is 0 Å². The summed E-state index contributed by atoms with van der Waals surface area (Å²) in [5, 5.41) is 12.7. The Balaban J connectivity index is 3.28. The van der Waals surface area contributed by atoms with Crippen LogP contribution in [0.25, 0.3) is 10.4 Å². The largest absolute Gasteiger partial charge is 0.507 e. The maximum absolute atomic E-state index is 9.29. The lowest BCUT2D eigenvalue weighted by Crippen LogP contribution is -1.79. The third-order valence-electron chi connectivity index (χ3n) is 1.62. The SMILES string of the molecule is CCc1cccc(O)c1N=[N+]=[N-]. The van der Waals surface area contributed by atoms with E-state index in [9.17, 15) is 5.11 Å². The molecule has 4 nitrogen and oxygen atoms in total. The van der Waals surface area contributed by atoms with E-state index >= 15 is 0 Å². The zero-order valence-corrected chi connectivity index (χ0v) is 6.73. The molecule has 0 aliphatic heterocycles. The van der Waals surface area contributed by atoms with E-state index in [-0.39, 0.29) is 5.75 Å². The number of rotatable bonds is 2. The maximum atomic E-state index is 9.29. The smallest absolute Gasteiger partial charge is 0.125 e. The Hall–Kier alpha value is -1.67. The van der Waals surface area contributed by atoms with Gasteiger partial charge >= 0.3 is 0 Å². The summed E-state index contributed by atoms with van der Waals surface area (Å²) in [6, 6.07) is 5.05. The Labute approximate surface area is 70.1 Å². The molecule has 1 N–H and O–H groups in total. The third-order valence-corrected chi connectivity index (χ3v) is 1.62. The Kier molecular flexibility index (Phi) is 2.56. The Morgan fingerprint density at radius 2 is 2.33 bits per heavy atom. The molecule has 0 aliphatic carbocycles. The van der Waals surface area contributed by atoms with Crippen LogP contribution in [-0.2, 0) is 6.42 Å². The van der Waals surface area contributed by atoms with Gasteiger partial charge < -0.3 is 5.11 Å². The molecule has 62 valence electrons. The number of nitrogens with zero attached hydrogens (tertiary/aromatic N) is 3. The third kappa shape index (κ3) is 1.49. The van der Waals surface area contributed by atoms with Gasteiger partial charge in [0.25, 0.3) is 0 Å². The van der Waals surface area contributed by atoms with Crippen molar-refractivity contribution in [2.45, 2.75) is 13.3 Å². The van der Waals surface area contributed by atoms with E-state index in [2.05, 4.69) is 10.0 Å². The van der Waals surface area contributed by atoms with Gasteiger partial charge in [-0.1, -0.05) is 24.2 Å². The zero-order valence-electron chi connectivity index (χ0n) is 6.73. The molecule has 0 spiro atoms. The molecule has 0 amide bonds. The minimum Gasteiger partial charge on any atom is -0.507 e. The predicted molar refractivity (Wildman–Crippen MR) is 46.3 cm³/mol. The molecule has 0 aliphatic rings. The van der Waals surface area contributed by atoms with Crippen LogP contribution in [-0.4, -0.2) is 5.11 Å². The molecule has 4 heteroatoms. The van der Waals surface area contributed by atoms with E-state index in [1.807, 2.05) is 13.0 Å². The molecule has 0 fully saturated rings. The summed E-state index contributed by atoms with van der Waals surface area (Å²) in [5.41, 5.74) is 9.40. The monoisotopic (exact) mass is 163 g/mol. The fraction of sp³-hybridized carbons (Fsp3) is 0.250. The van der Waals surface area contributed by atoms with Crippen molar-refractivity contribution < 1.29 is 5.11 Å². The number of aryl methyl sites for hydroxylation is 1. The topological polar surface area (TPSA) is 69.0 Å². The molecule has 0 aromatic heterocycles. The lowest BCUT2D eigenvalue weighted by molar-refractivity contribution is 0.476. The van der Waals surface area contributed by atoms with E-state index in [0.29, 0.717) is 5.69 Å². The first-order valence-electron chi connectivity index (χ1n) is 3.65. The van der Waals surface area contributed by atoms with Crippen LogP contribution in [0.5, 0.6) is 5.75 Å². The summed E-state index contributed by atoms with van der Waals surface area (Å²) >= 11 is 0. The highest BCUT2D eigenvalue weighted by molar-refractivity contribution is 5.56. The number of hydrogen-bond acceptors (Lipinski definition) is 2. The van der Waals surface area contributed by atoms with Gasteiger partial charge in [-0.3, -0.25) is 0 Å². The number of hydrogen-bond donors (Lipinski definition) is 1. The van der Waals surface area contributed by atoms with E-state index in [0.717, 1.165) is 12.0 Å². The first kappa shape index (κ1) is 8.43. The summed E-state index contributed by atoms with van der Waals surface area (Å²) in [6.45, 7) is 1.94. The molecule has 12 heavy (non-hydrogen) atoms. The van der Waals surface area contributed by atoms with Crippen LogP contribution in [0.1, 0.15) is 12.5 Å². The highest BCUT2D eigenvalue weighted by atomic mass is 16.3. The summed E-state index contributed by atoms with van der Waals surface area (Å²) < 4.78 is 0. The summed E-state index contributed by atoms with van der Waals surface area (Å²) in [7, 11) is 0. The van der Waals surface area contributed by atoms with Crippen LogP contribution in [0.4, 0.5) is 5.69 Å². The average Bonchev–Trinajstić information content (AvgIpc) is 2.09. The quantitative estimate of drug-likeness (QED) is 0.406. The van der Waals surface area contributed by atoms with Crippen molar-refractivity contribution in [3.8, 4) is 5.75 Å². The van der Waals surface area contributed by atoms with Gasteiger partial charge in [-0.2, -0.15) is 0 Å². The molecular weight excluding hydrogens is 154 g/mol. The Morgan fingerprint density at radius 3 is 2.92 bits per heavy atom. The van der Waals surface area contributed by atoms with Crippen LogP contribution in [0.2, 0.25) is 0 Å². The van der Waals surface area contributed by atoms with Crippen molar-refractivity contribution in [2.24, 2.45) is 5.11 Å². The van der Waals surface area contributed by atoms with Gasteiger partial charge in [-0.25, -0.2) is 0 Å². The molecule has 1 aromatic carbocycles. The highest BCUT2D eigenvalue weighted by Crippen LogP contribution is 2.30. The second kappa shape index (κ2) is 3.64. The molecule has 0 atom stereocenters. The first-order valence-corrected chi connectivity index (χ1v) is 3.65. The van der Waals surface area contributed by atoms with Crippen molar-refractivity contribution in [1.82, 2.24) is 0 Å². The number of aromatic hydroxyl groups is 1. The number of benzene rings is 1. The fourth-order valence-electron chi connectivity index (χ4n) is 1.02. The van der Waals surface area contributed by atoms with Crippen LogP contribution in [0.15, 0.2) is 23.3 Å². The molecule has 1 aromatic rings. The van der Waals surface area contributed by atoms with Crippen molar-refractivity contribution in [3.05, 3.63) is 34.2 Å². The van der Waals surface area contributed by atoms with Crippen molar-refractivity contribution >= 4 is 5.69 Å². The molecule has 0 radical (unpaired) electrons. The van der Waals surface area contributed by atoms with Crippen molar-refractivity contribution in [1.29, 1.82) is 0 Å². The summed E-state index contributed by atoms with van der Waals surface area (Å²) in [6.07, 6.45) is 0.739. The molecule has 0 bridgehead atoms. The van der Waals surface area contributed by atoms with Crippen LogP contribution >= 0.6 is 0 Å². The highest BCUT2D eigenvalue weighted by Gasteiger charge is 2.02. The van der Waals surface area contributed by atoms with E-state index in [1.165, 1.54) is 6.07 Å². The minimum atomic E-state index is 0.0344. The van der Waals surface area contributed by atoms with E-state index in [1.54, 1.807) is 6.07 Å². The fourth-order valence-corrected chi connectivity index (χ4v) is 1.02. The van der Waals surface area contributed by atoms with E-state index in [4.69, 9.17) is 5.53 Å². The zero-order chi connectivity index (χ0) is 8.97. The Bertz CT molecular complexity index is 329. The number of phenolic OH excluding ortho intramolecular Hbond substituents is 1. The van der Waals surface area contributed by atoms with Gasteiger partial charge in [0.15, 0.2) is 0 Å². The van der Waals surface area contributed by atoms with Crippen LogP contribution < -0.4 is 0 Å². The molecule has 0 unspecified atom stereocenters. The standard InChI is InChI=1S/C8H9N3O/c1-2-6-4-3-5-7(12)8(6)10-11-9/h3-5,12H,2H2,1H3. The van der Waals surface area contributed by atoms with E-state index < -0.39 is 0 Å². The van der Waals surface area contributed by atoms with Gasteiger partial charge in [0.05, 0.1) is 5.69 Å². The molecule has 0 heterocycles. The average molecular weight is 163 g/mol. The van der Waals surface area contributed by atoms with Gasteiger partial charge in [0, 0.05) is 4.91 Å². The number of phenols is 1. The van der Waals surface area contributed by atoms with Gasteiger partial charge in [-0.05, 0) is 23.6 Å².